The molecule has 3 aromatic carbocycles. The summed E-state index contributed by atoms with van der Waals surface area (Å²) in [6.45, 7) is 0. The van der Waals surface area contributed by atoms with Crippen LogP contribution in [0.15, 0.2) is 118 Å². The molecular weight excluding hydrogens is 480 g/mol. The summed E-state index contributed by atoms with van der Waals surface area (Å²) in [4.78, 5) is 32.9. The van der Waals surface area contributed by atoms with Crippen molar-refractivity contribution in [3.63, 3.8) is 0 Å². The highest BCUT2D eigenvalue weighted by Crippen LogP contribution is 2.28. The van der Waals surface area contributed by atoms with E-state index in [4.69, 9.17) is 0 Å². The Morgan fingerprint density at radius 2 is 1.57 bits per heavy atom. The molecule has 0 aliphatic rings. The molecule has 0 spiro atoms. The van der Waals surface area contributed by atoms with Gasteiger partial charge in [0.25, 0.3) is 5.91 Å². The Kier molecular flexibility index (Phi) is 7.50. The second-order valence-electron chi connectivity index (χ2n) is 7.55. The summed E-state index contributed by atoms with van der Waals surface area (Å²) in [7, 11) is 0. The zero-order valence-corrected chi connectivity index (χ0v) is 20.0. The first-order valence-electron chi connectivity index (χ1n) is 10.6. The van der Waals surface area contributed by atoms with Crippen molar-refractivity contribution in [1.29, 1.82) is 0 Å². The van der Waals surface area contributed by atoms with Crippen molar-refractivity contribution in [3.05, 3.63) is 119 Å². The second-order valence-corrected chi connectivity index (χ2v) is 8.69. The molecule has 0 saturated heterocycles. The molecule has 1 amide bonds. The Balaban J connectivity index is 0.00000289. The summed E-state index contributed by atoms with van der Waals surface area (Å²) in [6.07, 6.45) is 3.40. The van der Waals surface area contributed by atoms with Gasteiger partial charge in [0.2, 0.25) is 5.56 Å². The third-order valence-corrected chi connectivity index (χ3v) is 6.17. The molecule has 2 heterocycles. The predicted molar refractivity (Wildman–Crippen MR) is 144 cm³/mol. The Labute approximate surface area is 212 Å². The van der Waals surface area contributed by atoms with Crippen LogP contribution in [0.4, 0.5) is 17.1 Å². The van der Waals surface area contributed by atoms with Crippen LogP contribution in [0, 0.1) is 0 Å². The van der Waals surface area contributed by atoms with Gasteiger partial charge in [-0.2, -0.15) is 0 Å². The van der Waals surface area contributed by atoms with Crippen LogP contribution in [0.3, 0.4) is 0 Å². The highest BCUT2D eigenvalue weighted by Gasteiger charge is 2.08. The van der Waals surface area contributed by atoms with Crippen LogP contribution >= 0.6 is 24.2 Å². The molecule has 0 saturated carbocycles. The molecule has 0 aliphatic heterocycles. The van der Waals surface area contributed by atoms with Gasteiger partial charge in [-0.3, -0.25) is 14.6 Å². The number of carbonyl (C=O) groups is 1. The standard InChI is InChI=1S/C27H20N4O2S.ClH/c32-26-17-22(13-15-29-26)34-21-11-9-20(10-12-21)31-27(33)18-5-7-19(8-6-18)30-25-14-16-28-24-4-2-1-3-23(24)25;/h1-17H,(H,28,30)(H,29,32)(H,31,33);1H. The first kappa shape index (κ1) is 24.1. The van der Waals surface area contributed by atoms with E-state index in [-0.39, 0.29) is 23.9 Å². The molecule has 2 aromatic heterocycles. The van der Waals surface area contributed by atoms with Crippen LogP contribution in [0.1, 0.15) is 10.4 Å². The highest BCUT2D eigenvalue weighted by molar-refractivity contribution is 7.99. The average molecular weight is 501 g/mol. The molecule has 8 heteroatoms. The van der Waals surface area contributed by atoms with Crippen molar-refractivity contribution in [2.75, 3.05) is 10.6 Å². The molecule has 5 aromatic rings. The van der Waals surface area contributed by atoms with Gasteiger partial charge in [-0.1, -0.05) is 30.0 Å². The number of anilines is 3. The summed E-state index contributed by atoms with van der Waals surface area (Å²) in [5.41, 5.74) is 3.89. The van der Waals surface area contributed by atoms with E-state index in [0.717, 1.165) is 32.1 Å². The summed E-state index contributed by atoms with van der Waals surface area (Å²) in [6, 6.07) is 28.1. The molecule has 0 unspecified atom stereocenters. The quantitative estimate of drug-likeness (QED) is 0.248. The maximum atomic E-state index is 12.7. The zero-order valence-electron chi connectivity index (χ0n) is 18.4. The third-order valence-electron chi connectivity index (χ3n) is 5.17. The van der Waals surface area contributed by atoms with Crippen LogP contribution < -0.4 is 16.2 Å². The van der Waals surface area contributed by atoms with Gasteiger partial charge in [0.05, 0.1) is 5.52 Å². The number of hydrogen-bond donors (Lipinski definition) is 3. The number of amides is 1. The number of H-pyrrole nitrogens is 1. The van der Waals surface area contributed by atoms with Crippen molar-refractivity contribution >= 4 is 58.0 Å². The number of para-hydroxylation sites is 1. The topological polar surface area (TPSA) is 86.9 Å². The lowest BCUT2D eigenvalue weighted by atomic mass is 10.1. The molecule has 6 nitrogen and oxygen atoms in total. The number of pyridine rings is 2. The molecule has 35 heavy (non-hydrogen) atoms. The van der Waals surface area contributed by atoms with Gasteiger partial charge in [-0.05, 0) is 66.7 Å². The predicted octanol–water partition coefficient (Wildman–Crippen LogP) is 6.49. The number of aromatic nitrogens is 2. The van der Waals surface area contributed by atoms with E-state index >= 15 is 0 Å². The SMILES string of the molecule is Cl.O=C(Nc1ccc(Sc2cc[nH]c(=O)c2)cc1)c1ccc(Nc2ccnc3ccccc23)cc1. The maximum Gasteiger partial charge on any atom is 0.255 e. The van der Waals surface area contributed by atoms with Gasteiger partial charge >= 0.3 is 0 Å². The lowest BCUT2D eigenvalue weighted by Crippen LogP contribution is -2.11. The van der Waals surface area contributed by atoms with E-state index in [1.807, 2.05) is 72.8 Å². The van der Waals surface area contributed by atoms with Crippen molar-refractivity contribution < 1.29 is 4.79 Å². The molecule has 0 aliphatic carbocycles. The van der Waals surface area contributed by atoms with Gasteiger partial charge in [0.15, 0.2) is 0 Å². The summed E-state index contributed by atoms with van der Waals surface area (Å²) < 4.78 is 0. The van der Waals surface area contributed by atoms with E-state index in [1.54, 1.807) is 30.6 Å². The molecule has 0 atom stereocenters. The van der Waals surface area contributed by atoms with Crippen molar-refractivity contribution in [1.82, 2.24) is 9.97 Å². The Morgan fingerprint density at radius 1 is 0.829 bits per heavy atom. The minimum atomic E-state index is -0.184. The molecule has 3 N–H and O–H groups in total. The average Bonchev–Trinajstić information content (AvgIpc) is 2.86. The third kappa shape index (κ3) is 5.90. The maximum absolute atomic E-state index is 12.7. The molecule has 0 radical (unpaired) electrons. The highest BCUT2D eigenvalue weighted by atomic mass is 35.5. The van der Waals surface area contributed by atoms with Crippen molar-refractivity contribution in [2.45, 2.75) is 9.79 Å². The smallest absolute Gasteiger partial charge is 0.255 e. The fourth-order valence-corrected chi connectivity index (χ4v) is 4.35. The fraction of sp³-hybridized carbons (Fsp3) is 0. The molecule has 0 fully saturated rings. The number of fused-ring (bicyclic) bond motifs is 1. The first-order valence-corrected chi connectivity index (χ1v) is 11.4. The number of rotatable bonds is 6. The summed E-state index contributed by atoms with van der Waals surface area (Å²) in [5, 5.41) is 7.35. The summed E-state index contributed by atoms with van der Waals surface area (Å²) >= 11 is 1.48. The number of halogens is 1. The van der Waals surface area contributed by atoms with Crippen LogP contribution in [-0.4, -0.2) is 15.9 Å². The Morgan fingerprint density at radius 3 is 2.34 bits per heavy atom. The van der Waals surface area contributed by atoms with Crippen LogP contribution in [0.5, 0.6) is 0 Å². The van der Waals surface area contributed by atoms with E-state index in [9.17, 15) is 9.59 Å². The molecule has 0 bridgehead atoms. The van der Waals surface area contributed by atoms with E-state index in [0.29, 0.717) is 11.3 Å². The number of nitrogens with one attached hydrogen (secondary N) is 3. The van der Waals surface area contributed by atoms with Gasteiger partial charge in [-0.25, -0.2) is 0 Å². The minimum Gasteiger partial charge on any atom is -0.355 e. The second kappa shape index (κ2) is 10.9. The van der Waals surface area contributed by atoms with Gasteiger partial charge in [-0.15, -0.1) is 12.4 Å². The van der Waals surface area contributed by atoms with Crippen molar-refractivity contribution in [3.8, 4) is 0 Å². The number of aromatic amines is 1. The van der Waals surface area contributed by atoms with Gasteiger partial charge in [0.1, 0.15) is 0 Å². The first-order chi connectivity index (χ1) is 16.6. The lowest BCUT2D eigenvalue weighted by Gasteiger charge is -2.10. The van der Waals surface area contributed by atoms with Gasteiger partial charge in [0, 0.05) is 56.3 Å². The van der Waals surface area contributed by atoms with E-state index in [1.165, 1.54) is 11.8 Å². The Bertz CT molecular complexity index is 1510. The van der Waals surface area contributed by atoms with Crippen LogP contribution in [0.2, 0.25) is 0 Å². The lowest BCUT2D eigenvalue weighted by molar-refractivity contribution is 0.102. The molecule has 174 valence electrons. The number of hydrogen-bond acceptors (Lipinski definition) is 5. The zero-order chi connectivity index (χ0) is 23.3. The van der Waals surface area contributed by atoms with E-state index < -0.39 is 0 Å². The number of nitrogens with zero attached hydrogens (tertiary/aromatic N) is 1. The summed E-state index contributed by atoms with van der Waals surface area (Å²) in [5.74, 6) is -0.184. The molecular formula is C27H21ClN4O2S. The molecule has 5 rings (SSSR count). The fourth-order valence-electron chi connectivity index (χ4n) is 3.50. The number of benzene rings is 3. The Hall–Kier alpha value is -4.07. The normalized spacial score (nSPS) is 10.4. The van der Waals surface area contributed by atoms with Crippen LogP contribution in [-0.2, 0) is 0 Å². The van der Waals surface area contributed by atoms with E-state index in [2.05, 4.69) is 20.6 Å². The monoisotopic (exact) mass is 500 g/mol. The van der Waals surface area contributed by atoms with Crippen molar-refractivity contribution in [2.24, 2.45) is 0 Å². The largest absolute Gasteiger partial charge is 0.355 e. The number of carbonyl (C=O) groups excluding carboxylic acids is 1. The van der Waals surface area contributed by atoms with Gasteiger partial charge < -0.3 is 15.6 Å². The minimum absolute atomic E-state index is 0. The van der Waals surface area contributed by atoms with Crippen LogP contribution in [0.25, 0.3) is 10.9 Å².